The van der Waals surface area contributed by atoms with Crippen LogP contribution in [0.15, 0.2) is 18.2 Å². The molecule has 1 aromatic rings. The molecule has 1 unspecified atom stereocenters. The molecule has 6 heteroatoms. The number of carbonyl (C=O) groups excluding carboxylic acids is 2. The van der Waals surface area contributed by atoms with Gasteiger partial charge in [0.2, 0.25) is 5.91 Å². The molecule has 0 aliphatic rings. The molecule has 0 fully saturated rings. The average Bonchev–Trinajstić information content (AvgIpc) is 2.40. The Kier molecular flexibility index (Phi) is 5.43. The number of nitrogens with two attached hydrogens (primary N) is 1. The zero-order valence-electron chi connectivity index (χ0n) is 12.8. The summed E-state index contributed by atoms with van der Waals surface area (Å²) < 4.78 is 13.6. The number of nitrogens with one attached hydrogen (secondary N) is 2. The molecule has 0 saturated carbocycles. The fraction of sp³-hybridized carbons (Fsp3) is 0.467. The largest absolute Gasteiger partial charge is 0.345 e. The van der Waals surface area contributed by atoms with Crippen molar-refractivity contribution in [1.82, 2.24) is 5.32 Å². The summed E-state index contributed by atoms with van der Waals surface area (Å²) in [6.45, 7) is 7.33. The van der Waals surface area contributed by atoms with Crippen LogP contribution >= 0.6 is 0 Å². The summed E-state index contributed by atoms with van der Waals surface area (Å²) in [5.74, 6) is -1.21. The molecule has 2 amide bonds. The van der Waals surface area contributed by atoms with E-state index in [0.717, 1.165) is 6.07 Å². The molecule has 21 heavy (non-hydrogen) atoms. The SMILES string of the molecule is CC(=O)Nc1cc(C(=O)NC(C)(CN)C(C)C)ccc1F. The second-order valence-corrected chi connectivity index (χ2v) is 5.61. The molecule has 5 nitrogen and oxygen atoms in total. The lowest BCUT2D eigenvalue weighted by atomic mass is 9.88. The first-order valence-electron chi connectivity index (χ1n) is 6.79. The van der Waals surface area contributed by atoms with Gasteiger partial charge >= 0.3 is 0 Å². The molecule has 0 aromatic heterocycles. The molecule has 4 N–H and O–H groups in total. The molecule has 0 radical (unpaired) electrons. The minimum Gasteiger partial charge on any atom is -0.345 e. The van der Waals surface area contributed by atoms with Crippen LogP contribution in [0.25, 0.3) is 0 Å². The summed E-state index contributed by atoms with van der Waals surface area (Å²) in [4.78, 5) is 23.3. The lowest BCUT2D eigenvalue weighted by molar-refractivity contribution is -0.114. The third-order valence-electron chi connectivity index (χ3n) is 3.64. The van der Waals surface area contributed by atoms with Gasteiger partial charge in [0.15, 0.2) is 0 Å². The molecular weight excluding hydrogens is 273 g/mol. The van der Waals surface area contributed by atoms with Gasteiger partial charge in [-0.15, -0.1) is 0 Å². The van der Waals surface area contributed by atoms with Crippen molar-refractivity contribution >= 4 is 17.5 Å². The number of carbonyl (C=O) groups is 2. The molecule has 0 aliphatic carbocycles. The van der Waals surface area contributed by atoms with Crippen LogP contribution in [0.4, 0.5) is 10.1 Å². The molecular formula is C15H22FN3O2. The Bertz CT molecular complexity index is 546. The van der Waals surface area contributed by atoms with Crippen molar-refractivity contribution in [2.45, 2.75) is 33.2 Å². The highest BCUT2D eigenvalue weighted by Gasteiger charge is 2.29. The van der Waals surface area contributed by atoms with Gasteiger partial charge in [0.05, 0.1) is 11.2 Å². The maximum Gasteiger partial charge on any atom is 0.251 e. The maximum absolute atomic E-state index is 13.6. The second kappa shape index (κ2) is 6.67. The van der Waals surface area contributed by atoms with Gasteiger partial charge in [-0.2, -0.15) is 0 Å². The van der Waals surface area contributed by atoms with Gasteiger partial charge in [-0.25, -0.2) is 4.39 Å². The molecule has 0 bridgehead atoms. The van der Waals surface area contributed by atoms with E-state index in [1.807, 2.05) is 20.8 Å². The molecule has 0 heterocycles. The van der Waals surface area contributed by atoms with Gasteiger partial charge in [0, 0.05) is 19.0 Å². The number of amides is 2. The minimum atomic E-state index is -0.591. The van der Waals surface area contributed by atoms with Crippen molar-refractivity contribution in [2.75, 3.05) is 11.9 Å². The molecule has 1 rings (SSSR count). The normalized spacial score (nSPS) is 13.7. The Labute approximate surface area is 124 Å². The Balaban J connectivity index is 3.00. The number of hydrogen-bond donors (Lipinski definition) is 3. The van der Waals surface area contributed by atoms with Crippen LogP contribution in [0.5, 0.6) is 0 Å². The summed E-state index contributed by atoms with van der Waals surface area (Å²) in [5, 5.41) is 5.21. The van der Waals surface area contributed by atoms with E-state index in [2.05, 4.69) is 10.6 Å². The Morgan fingerprint density at radius 1 is 1.38 bits per heavy atom. The lowest BCUT2D eigenvalue weighted by Gasteiger charge is -2.33. The summed E-state index contributed by atoms with van der Waals surface area (Å²) >= 11 is 0. The van der Waals surface area contributed by atoms with Crippen LogP contribution in [-0.4, -0.2) is 23.9 Å². The molecule has 0 spiro atoms. The third kappa shape index (κ3) is 4.26. The standard InChI is InChI=1S/C15H22FN3O2/c1-9(2)15(4,8-17)19-14(21)11-5-6-12(16)13(7-11)18-10(3)20/h5-7,9H,8,17H2,1-4H3,(H,18,20)(H,19,21). The van der Waals surface area contributed by atoms with Crippen molar-refractivity contribution in [1.29, 1.82) is 0 Å². The van der Waals surface area contributed by atoms with E-state index >= 15 is 0 Å². The third-order valence-corrected chi connectivity index (χ3v) is 3.64. The average molecular weight is 295 g/mol. The Morgan fingerprint density at radius 2 is 2.00 bits per heavy atom. The van der Waals surface area contributed by atoms with E-state index in [1.165, 1.54) is 19.1 Å². The van der Waals surface area contributed by atoms with E-state index in [0.29, 0.717) is 0 Å². The van der Waals surface area contributed by atoms with Crippen LogP contribution in [0.2, 0.25) is 0 Å². The van der Waals surface area contributed by atoms with Gasteiger partial charge in [-0.3, -0.25) is 9.59 Å². The van der Waals surface area contributed by atoms with Crippen molar-refractivity contribution in [3.05, 3.63) is 29.6 Å². The lowest BCUT2D eigenvalue weighted by Crippen LogP contribution is -2.55. The highest BCUT2D eigenvalue weighted by Crippen LogP contribution is 2.19. The van der Waals surface area contributed by atoms with E-state index in [-0.39, 0.29) is 29.6 Å². The van der Waals surface area contributed by atoms with Crippen LogP contribution in [-0.2, 0) is 4.79 Å². The first kappa shape index (κ1) is 17.1. The van der Waals surface area contributed by atoms with Crippen LogP contribution in [0.1, 0.15) is 38.1 Å². The van der Waals surface area contributed by atoms with Crippen LogP contribution in [0.3, 0.4) is 0 Å². The first-order valence-corrected chi connectivity index (χ1v) is 6.79. The van der Waals surface area contributed by atoms with Gasteiger partial charge in [-0.1, -0.05) is 13.8 Å². The monoisotopic (exact) mass is 295 g/mol. The molecule has 0 saturated heterocycles. The highest BCUT2D eigenvalue weighted by molar-refractivity contribution is 5.97. The van der Waals surface area contributed by atoms with Gasteiger partial charge < -0.3 is 16.4 Å². The predicted molar refractivity (Wildman–Crippen MR) is 80.5 cm³/mol. The van der Waals surface area contributed by atoms with E-state index in [4.69, 9.17) is 5.73 Å². The number of benzene rings is 1. The Hall–Kier alpha value is -1.95. The first-order chi connectivity index (χ1) is 9.69. The fourth-order valence-electron chi connectivity index (χ4n) is 1.71. The number of hydrogen-bond acceptors (Lipinski definition) is 3. The zero-order chi connectivity index (χ0) is 16.2. The van der Waals surface area contributed by atoms with Crippen molar-refractivity contribution in [3.8, 4) is 0 Å². The van der Waals surface area contributed by atoms with Crippen LogP contribution < -0.4 is 16.4 Å². The minimum absolute atomic E-state index is 0.0193. The van der Waals surface area contributed by atoms with E-state index in [1.54, 1.807) is 0 Å². The van der Waals surface area contributed by atoms with Crippen LogP contribution in [0, 0.1) is 11.7 Å². The molecule has 0 aliphatic heterocycles. The second-order valence-electron chi connectivity index (χ2n) is 5.61. The molecule has 1 aromatic carbocycles. The quantitative estimate of drug-likeness (QED) is 0.775. The molecule has 116 valence electrons. The topological polar surface area (TPSA) is 84.2 Å². The fourth-order valence-corrected chi connectivity index (χ4v) is 1.71. The summed E-state index contributed by atoms with van der Waals surface area (Å²) in [6, 6.07) is 3.83. The summed E-state index contributed by atoms with van der Waals surface area (Å²) in [6.07, 6.45) is 0. The van der Waals surface area contributed by atoms with E-state index < -0.39 is 17.3 Å². The smallest absolute Gasteiger partial charge is 0.251 e. The van der Waals surface area contributed by atoms with Crippen molar-refractivity contribution in [3.63, 3.8) is 0 Å². The van der Waals surface area contributed by atoms with Gasteiger partial charge in [0.25, 0.3) is 5.91 Å². The number of anilines is 1. The number of rotatable bonds is 5. The Morgan fingerprint density at radius 3 is 2.48 bits per heavy atom. The van der Waals surface area contributed by atoms with Gasteiger partial charge in [0.1, 0.15) is 5.82 Å². The van der Waals surface area contributed by atoms with Crippen molar-refractivity contribution in [2.24, 2.45) is 11.7 Å². The molecule has 1 atom stereocenters. The predicted octanol–water partition coefficient (Wildman–Crippen LogP) is 1.89. The highest BCUT2D eigenvalue weighted by atomic mass is 19.1. The van der Waals surface area contributed by atoms with Gasteiger partial charge in [-0.05, 0) is 31.0 Å². The van der Waals surface area contributed by atoms with E-state index in [9.17, 15) is 14.0 Å². The summed E-state index contributed by atoms with van der Waals surface area (Å²) in [7, 11) is 0. The number of halogens is 1. The van der Waals surface area contributed by atoms with Crippen molar-refractivity contribution < 1.29 is 14.0 Å². The zero-order valence-corrected chi connectivity index (χ0v) is 12.8. The maximum atomic E-state index is 13.6. The summed E-state index contributed by atoms with van der Waals surface area (Å²) in [5.41, 5.74) is 5.41.